The van der Waals surface area contributed by atoms with Crippen LogP contribution in [0.5, 0.6) is 0 Å². The Bertz CT molecular complexity index is 883. The second kappa shape index (κ2) is 8.56. The van der Waals surface area contributed by atoms with Crippen molar-refractivity contribution in [1.29, 1.82) is 5.26 Å². The van der Waals surface area contributed by atoms with Crippen LogP contribution in [-0.4, -0.2) is 4.57 Å². The Morgan fingerprint density at radius 1 is 1.16 bits per heavy atom. The SMILES string of the molecule is C=CC.CCc1ccc(-n2cc(C#N)c(-c3ccccc3)c2)cc1N. The molecule has 0 saturated heterocycles. The highest BCUT2D eigenvalue weighted by molar-refractivity contribution is 5.71. The highest BCUT2D eigenvalue weighted by atomic mass is 14.9. The summed E-state index contributed by atoms with van der Waals surface area (Å²) in [6.07, 6.45) is 6.49. The van der Waals surface area contributed by atoms with Crippen LogP contribution in [0.15, 0.2) is 73.6 Å². The van der Waals surface area contributed by atoms with Crippen molar-refractivity contribution >= 4 is 5.69 Å². The molecule has 0 bridgehead atoms. The average Bonchev–Trinajstić information content (AvgIpc) is 3.07. The lowest BCUT2D eigenvalue weighted by Crippen LogP contribution is -1.96. The fraction of sp³-hybridized carbons (Fsp3) is 0.136. The van der Waals surface area contributed by atoms with E-state index in [4.69, 9.17) is 5.73 Å². The molecular formula is C22H23N3. The number of benzene rings is 2. The Kier molecular flexibility index (Phi) is 6.20. The zero-order valence-electron chi connectivity index (χ0n) is 14.7. The molecule has 3 aromatic rings. The summed E-state index contributed by atoms with van der Waals surface area (Å²) in [5, 5.41) is 9.39. The minimum Gasteiger partial charge on any atom is -0.398 e. The highest BCUT2D eigenvalue weighted by Crippen LogP contribution is 2.27. The van der Waals surface area contributed by atoms with Gasteiger partial charge in [0.2, 0.25) is 0 Å². The van der Waals surface area contributed by atoms with E-state index >= 15 is 0 Å². The van der Waals surface area contributed by atoms with Gasteiger partial charge in [-0.25, -0.2) is 0 Å². The Labute approximate surface area is 149 Å². The number of aryl methyl sites for hydroxylation is 1. The van der Waals surface area contributed by atoms with E-state index in [1.165, 1.54) is 0 Å². The molecule has 0 unspecified atom stereocenters. The number of nitriles is 1. The van der Waals surface area contributed by atoms with Crippen molar-refractivity contribution in [3.8, 4) is 22.9 Å². The molecule has 2 aromatic carbocycles. The molecule has 0 radical (unpaired) electrons. The normalized spacial score (nSPS) is 9.64. The fourth-order valence-electron chi connectivity index (χ4n) is 2.61. The van der Waals surface area contributed by atoms with E-state index in [1.807, 2.05) is 72.4 Å². The van der Waals surface area contributed by atoms with Gasteiger partial charge in [0.15, 0.2) is 0 Å². The van der Waals surface area contributed by atoms with Gasteiger partial charge in [0, 0.05) is 29.3 Å². The number of aromatic nitrogens is 1. The van der Waals surface area contributed by atoms with Gasteiger partial charge in [-0.2, -0.15) is 5.26 Å². The third-order valence-electron chi connectivity index (χ3n) is 3.84. The minimum absolute atomic E-state index is 0.657. The summed E-state index contributed by atoms with van der Waals surface area (Å²) in [6.45, 7) is 7.34. The lowest BCUT2D eigenvalue weighted by molar-refractivity contribution is 1.07. The number of anilines is 1. The van der Waals surface area contributed by atoms with Gasteiger partial charge in [0.1, 0.15) is 6.07 Å². The summed E-state index contributed by atoms with van der Waals surface area (Å²) in [5.41, 5.74) is 11.6. The van der Waals surface area contributed by atoms with E-state index in [0.717, 1.165) is 34.5 Å². The van der Waals surface area contributed by atoms with Crippen LogP contribution in [0.25, 0.3) is 16.8 Å². The maximum Gasteiger partial charge on any atom is 0.101 e. The third-order valence-corrected chi connectivity index (χ3v) is 3.84. The summed E-state index contributed by atoms with van der Waals surface area (Å²) >= 11 is 0. The van der Waals surface area contributed by atoms with E-state index in [9.17, 15) is 5.26 Å². The van der Waals surface area contributed by atoms with Gasteiger partial charge < -0.3 is 10.3 Å². The first-order valence-electron chi connectivity index (χ1n) is 8.27. The Hall–Kier alpha value is -3.25. The summed E-state index contributed by atoms with van der Waals surface area (Å²) in [7, 11) is 0. The molecule has 0 aliphatic carbocycles. The predicted octanol–water partition coefficient (Wildman–Crippen LogP) is 5.35. The van der Waals surface area contributed by atoms with Crippen LogP contribution < -0.4 is 5.73 Å². The van der Waals surface area contributed by atoms with Crippen LogP contribution in [0.1, 0.15) is 25.0 Å². The monoisotopic (exact) mass is 329 g/mol. The number of hydrogen-bond acceptors (Lipinski definition) is 2. The molecule has 3 rings (SSSR count). The summed E-state index contributed by atoms with van der Waals surface area (Å²) in [5.74, 6) is 0. The summed E-state index contributed by atoms with van der Waals surface area (Å²) in [4.78, 5) is 0. The smallest absolute Gasteiger partial charge is 0.101 e. The van der Waals surface area contributed by atoms with Crippen LogP contribution >= 0.6 is 0 Å². The molecule has 25 heavy (non-hydrogen) atoms. The third kappa shape index (κ3) is 4.19. The maximum atomic E-state index is 9.39. The molecule has 0 aliphatic rings. The lowest BCUT2D eigenvalue weighted by Gasteiger charge is -2.07. The highest BCUT2D eigenvalue weighted by Gasteiger charge is 2.10. The molecule has 1 aromatic heterocycles. The Balaban J connectivity index is 0.000000701. The predicted molar refractivity (Wildman–Crippen MR) is 106 cm³/mol. The zero-order valence-corrected chi connectivity index (χ0v) is 14.7. The van der Waals surface area contributed by atoms with E-state index in [0.29, 0.717) is 5.56 Å². The van der Waals surface area contributed by atoms with Gasteiger partial charge in [0.25, 0.3) is 0 Å². The Morgan fingerprint density at radius 3 is 2.40 bits per heavy atom. The van der Waals surface area contributed by atoms with E-state index in [2.05, 4.69) is 19.6 Å². The molecule has 3 nitrogen and oxygen atoms in total. The van der Waals surface area contributed by atoms with Crippen LogP contribution in [0, 0.1) is 11.3 Å². The summed E-state index contributed by atoms with van der Waals surface area (Å²) in [6, 6.07) is 18.2. The van der Waals surface area contributed by atoms with Crippen molar-refractivity contribution in [3.63, 3.8) is 0 Å². The van der Waals surface area contributed by atoms with Crippen molar-refractivity contribution in [3.05, 3.63) is 84.7 Å². The largest absolute Gasteiger partial charge is 0.398 e. The average molecular weight is 329 g/mol. The fourth-order valence-corrected chi connectivity index (χ4v) is 2.61. The molecule has 0 amide bonds. The number of rotatable bonds is 3. The topological polar surface area (TPSA) is 54.7 Å². The molecule has 0 aliphatic heterocycles. The first-order chi connectivity index (χ1) is 12.1. The molecule has 0 fully saturated rings. The second-order valence-electron chi connectivity index (χ2n) is 5.62. The minimum atomic E-state index is 0.657. The summed E-state index contributed by atoms with van der Waals surface area (Å²) < 4.78 is 1.96. The molecule has 0 saturated carbocycles. The van der Waals surface area contributed by atoms with Crippen molar-refractivity contribution in [2.45, 2.75) is 20.3 Å². The van der Waals surface area contributed by atoms with Crippen LogP contribution in [-0.2, 0) is 6.42 Å². The number of allylic oxidation sites excluding steroid dienone is 1. The molecule has 3 heteroatoms. The molecule has 2 N–H and O–H groups in total. The zero-order chi connectivity index (χ0) is 18.2. The maximum absolute atomic E-state index is 9.39. The standard InChI is InChI=1S/C19H17N3.C3H6/c1-2-14-8-9-17(10-19(14)21)22-12-16(11-20)18(13-22)15-6-4-3-5-7-15;1-3-2/h3-10,12-13H,2,21H2,1H3;3H,1H2,2H3. The van der Waals surface area contributed by atoms with Crippen LogP contribution in [0.2, 0.25) is 0 Å². The number of nitrogens with two attached hydrogens (primary N) is 1. The molecular weight excluding hydrogens is 306 g/mol. The number of nitrogens with zero attached hydrogens (tertiary/aromatic N) is 2. The van der Waals surface area contributed by atoms with Crippen molar-refractivity contribution < 1.29 is 0 Å². The molecule has 0 spiro atoms. The lowest BCUT2D eigenvalue weighted by atomic mass is 10.1. The van der Waals surface area contributed by atoms with Gasteiger partial charge in [-0.1, -0.05) is 49.4 Å². The van der Waals surface area contributed by atoms with E-state index in [-0.39, 0.29) is 0 Å². The van der Waals surface area contributed by atoms with Crippen LogP contribution in [0.4, 0.5) is 5.69 Å². The van der Waals surface area contributed by atoms with Crippen molar-refractivity contribution in [2.24, 2.45) is 0 Å². The van der Waals surface area contributed by atoms with Gasteiger partial charge in [-0.05, 0) is 36.6 Å². The number of nitrogen functional groups attached to an aromatic ring is 1. The van der Waals surface area contributed by atoms with Crippen molar-refractivity contribution in [2.75, 3.05) is 5.73 Å². The van der Waals surface area contributed by atoms with E-state index < -0.39 is 0 Å². The Morgan fingerprint density at radius 2 is 1.84 bits per heavy atom. The van der Waals surface area contributed by atoms with Gasteiger partial charge in [0.05, 0.1) is 5.56 Å². The van der Waals surface area contributed by atoms with E-state index in [1.54, 1.807) is 6.08 Å². The van der Waals surface area contributed by atoms with Gasteiger partial charge >= 0.3 is 0 Å². The quantitative estimate of drug-likeness (QED) is 0.520. The van der Waals surface area contributed by atoms with Crippen LogP contribution in [0.3, 0.4) is 0 Å². The molecule has 1 heterocycles. The first kappa shape index (κ1) is 18.1. The van der Waals surface area contributed by atoms with Gasteiger partial charge in [-0.3, -0.25) is 0 Å². The first-order valence-corrected chi connectivity index (χ1v) is 8.27. The molecule has 126 valence electrons. The second-order valence-corrected chi connectivity index (χ2v) is 5.62. The van der Waals surface area contributed by atoms with Gasteiger partial charge in [-0.15, -0.1) is 6.58 Å². The number of hydrogen-bond donors (Lipinski definition) is 1. The van der Waals surface area contributed by atoms with Crippen molar-refractivity contribution in [1.82, 2.24) is 4.57 Å². The molecule has 0 atom stereocenters.